The third-order valence-electron chi connectivity index (χ3n) is 4.59. The van der Waals surface area contributed by atoms with Crippen LogP contribution in [0.15, 0.2) is 21.5 Å². The third-order valence-corrected chi connectivity index (χ3v) is 8.83. The Morgan fingerprint density at radius 3 is 1.35 bits per heavy atom. The van der Waals surface area contributed by atoms with Gasteiger partial charge in [-0.2, -0.15) is 18.7 Å². The second-order valence-corrected chi connectivity index (χ2v) is 13.1. The van der Waals surface area contributed by atoms with Gasteiger partial charge < -0.3 is 40.0 Å². The molecule has 2 aromatic rings. The summed E-state index contributed by atoms with van der Waals surface area (Å²) in [7, 11) is -8.52. The molecule has 16 nitrogen and oxygen atoms in total. The number of rotatable bonds is 20. The van der Waals surface area contributed by atoms with Gasteiger partial charge in [0, 0.05) is 34.6 Å². The van der Waals surface area contributed by atoms with E-state index in [-0.39, 0.29) is 25.1 Å². The van der Waals surface area contributed by atoms with E-state index in [0.717, 1.165) is 0 Å². The first kappa shape index (κ1) is 33.0. The van der Waals surface area contributed by atoms with E-state index in [1.807, 2.05) is 0 Å². The van der Waals surface area contributed by atoms with Crippen molar-refractivity contribution in [3.8, 4) is 0 Å². The maximum Gasteiger partial charge on any atom is 0.226 e. The number of hydrogen-bond donors (Lipinski definition) is 10. The Labute approximate surface area is 224 Å². The van der Waals surface area contributed by atoms with Crippen LogP contribution in [-0.2, 0) is 18.7 Å². The molecule has 2 rings (SSSR count). The van der Waals surface area contributed by atoms with Crippen LogP contribution in [0.25, 0.3) is 0 Å². The molecule has 37 heavy (non-hydrogen) atoms. The minimum absolute atomic E-state index is 0.0411. The zero-order chi connectivity index (χ0) is 27.2. The van der Waals surface area contributed by atoms with Gasteiger partial charge in [0.1, 0.15) is 0 Å². The highest BCUT2D eigenvalue weighted by Gasteiger charge is 2.22. The molecule has 0 aliphatic heterocycles. The first-order chi connectivity index (χ1) is 17.8. The summed E-state index contributed by atoms with van der Waals surface area (Å²) < 4.78 is 16.0. The van der Waals surface area contributed by atoms with Gasteiger partial charge >= 0.3 is 0 Å². The highest BCUT2D eigenvalue weighted by Crippen LogP contribution is 2.41. The van der Waals surface area contributed by atoms with Crippen molar-refractivity contribution in [2.75, 3.05) is 58.7 Å². The molecule has 0 aromatic carbocycles. The Bertz CT molecular complexity index is 824. The van der Waals surface area contributed by atoms with Crippen LogP contribution in [-0.4, -0.2) is 78.8 Å². The SMILES string of the molecule is OOP(O)CNc1cscc1N(CCCN(CP(O)OO)c1cscc1NCP(O)OO)CP(O)OO. The largest absolute Gasteiger partial charge is 0.374 e. The zero-order valence-corrected chi connectivity index (χ0v) is 24.2. The summed E-state index contributed by atoms with van der Waals surface area (Å²) in [6.45, 7) is 0.706. The molecule has 0 aliphatic rings. The maximum absolute atomic E-state index is 9.95. The van der Waals surface area contributed by atoms with Crippen molar-refractivity contribution in [1.29, 1.82) is 0 Å². The van der Waals surface area contributed by atoms with Crippen LogP contribution in [0.1, 0.15) is 6.42 Å². The van der Waals surface area contributed by atoms with Crippen molar-refractivity contribution >= 4 is 78.9 Å². The zero-order valence-electron chi connectivity index (χ0n) is 19.0. The van der Waals surface area contributed by atoms with Crippen LogP contribution in [0.3, 0.4) is 0 Å². The fraction of sp³-hybridized carbons (Fsp3) is 0.467. The molecule has 0 amide bonds. The summed E-state index contributed by atoms with van der Waals surface area (Å²) in [5.74, 6) is 0. The average molecular weight is 644 g/mol. The Morgan fingerprint density at radius 1 is 0.622 bits per heavy atom. The normalized spacial score (nSPS) is 14.7. The minimum atomic E-state index is -2.18. The predicted octanol–water partition coefficient (Wildman–Crippen LogP) is 4.34. The van der Waals surface area contributed by atoms with E-state index < -0.39 is 33.5 Å². The molecule has 0 fully saturated rings. The van der Waals surface area contributed by atoms with E-state index in [2.05, 4.69) is 29.3 Å². The second kappa shape index (κ2) is 18.2. The topological polar surface area (TPSA) is 229 Å². The lowest BCUT2D eigenvalue weighted by molar-refractivity contribution is -0.136. The van der Waals surface area contributed by atoms with Crippen molar-refractivity contribution in [1.82, 2.24) is 0 Å². The first-order valence-electron chi connectivity index (χ1n) is 10.0. The molecular formula is C15H28N4O12P4S2. The number of nitrogens with one attached hydrogen (secondary N) is 2. The summed E-state index contributed by atoms with van der Waals surface area (Å²) in [6, 6.07) is 0. The van der Waals surface area contributed by atoms with Gasteiger partial charge in [0.25, 0.3) is 0 Å². The lowest BCUT2D eigenvalue weighted by Crippen LogP contribution is -2.31. The van der Waals surface area contributed by atoms with E-state index >= 15 is 0 Å². The van der Waals surface area contributed by atoms with Gasteiger partial charge in [-0.3, -0.25) is 0 Å². The summed E-state index contributed by atoms with van der Waals surface area (Å²) in [5.41, 5.74) is 2.51. The average Bonchev–Trinajstić information content (AvgIpc) is 3.58. The molecule has 10 N–H and O–H groups in total. The van der Waals surface area contributed by atoms with Crippen LogP contribution >= 0.6 is 56.2 Å². The molecule has 0 saturated carbocycles. The van der Waals surface area contributed by atoms with Gasteiger partial charge in [0.05, 0.1) is 47.9 Å². The van der Waals surface area contributed by atoms with E-state index in [4.69, 9.17) is 21.0 Å². The lowest BCUT2D eigenvalue weighted by atomic mass is 10.3. The quantitative estimate of drug-likeness (QED) is 0.0549. The summed E-state index contributed by atoms with van der Waals surface area (Å²) in [5, 5.41) is 48.0. The van der Waals surface area contributed by atoms with Gasteiger partial charge in [-0.05, 0) is 6.42 Å². The van der Waals surface area contributed by atoms with Crippen LogP contribution in [0.5, 0.6) is 0 Å². The molecule has 4 atom stereocenters. The molecule has 0 saturated heterocycles. The first-order valence-corrected chi connectivity index (χ1v) is 17.5. The smallest absolute Gasteiger partial charge is 0.226 e. The molecule has 0 aliphatic carbocycles. The minimum Gasteiger partial charge on any atom is -0.374 e. The fourth-order valence-corrected chi connectivity index (χ4v) is 6.66. The molecule has 0 radical (unpaired) electrons. The van der Waals surface area contributed by atoms with Gasteiger partial charge in [0.15, 0.2) is 0 Å². The van der Waals surface area contributed by atoms with Gasteiger partial charge in [-0.1, -0.05) is 0 Å². The highest BCUT2D eigenvalue weighted by molar-refractivity contribution is 7.46. The Morgan fingerprint density at radius 2 is 1.00 bits per heavy atom. The fourth-order valence-electron chi connectivity index (χ4n) is 3.03. The summed E-state index contributed by atoms with van der Waals surface area (Å²) in [4.78, 5) is 42.4. The Balaban J connectivity index is 2.13. The van der Waals surface area contributed by atoms with Crippen LogP contribution in [0, 0.1) is 0 Å². The predicted molar refractivity (Wildman–Crippen MR) is 146 cm³/mol. The van der Waals surface area contributed by atoms with Gasteiger partial charge in [-0.25, -0.2) is 21.0 Å². The second-order valence-electron chi connectivity index (χ2n) is 6.91. The van der Waals surface area contributed by atoms with E-state index in [1.54, 1.807) is 31.3 Å². The van der Waals surface area contributed by atoms with Crippen molar-refractivity contribution in [2.24, 2.45) is 0 Å². The van der Waals surface area contributed by atoms with E-state index in [0.29, 0.717) is 42.3 Å². The lowest BCUT2D eigenvalue weighted by Gasteiger charge is -2.29. The van der Waals surface area contributed by atoms with E-state index in [1.165, 1.54) is 22.7 Å². The molecule has 2 aromatic heterocycles. The van der Waals surface area contributed by atoms with Crippen LogP contribution in [0.4, 0.5) is 22.7 Å². The molecule has 2 heterocycles. The Hall–Kier alpha value is -0.160. The number of thiophene rings is 2. The third kappa shape index (κ3) is 11.5. The molecule has 22 heteroatoms. The molecule has 0 spiro atoms. The summed E-state index contributed by atoms with van der Waals surface area (Å²) in [6.07, 6.45) is 0.288. The van der Waals surface area contributed by atoms with Crippen LogP contribution in [0.2, 0.25) is 0 Å². The van der Waals surface area contributed by atoms with Gasteiger partial charge in [-0.15, -0.1) is 22.7 Å². The molecule has 4 unspecified atom stereocenters. The number of hydrogen-bond acceptors (Lipinski definition) is 18. The molecule has 0 bridgehead atoms. The monoisotopic (exact) mass is 644 g/mol. The van der Waals surface area contributed by atoms with Crippen molar-refractivity contribution < 1.29 is 59.3 Å². The van der Waals surface area contributed by atoms with E-state index in [9.17, 15) is 19.6 Å². The number of nitrogens with zero attached hydrogens (tertiary/aromatic N) is 2. The maximum atomic E-state index is 9.95. The van der Waals surface area contributed by atoms with Crippen molar-refractivity contribution in [3.05, 3.63) is 21.5 Å². The van der Waals surface area contributed by atoms with Crippen molar-refractivity contribution in [2.45, 2.75) is 6.42 Å². The Kier molecular flexibility index (Phi) is 16.3. The highest BCUT2D eigenvalue weighted by atomic mass is 32.1. The van der Waals surface area contributed by atoms with Gasteiger partial charge in [0.2, 0.25) is 33.5 Å². The molecular weight excluding hydrogens is 616 g/mol. The molecule has 212 valence electrons. The van der Waals surface area contributed by atoms with Crippen LogP contribution < -0.4 is 20.4 Å². The standard InChI is InChI=1S/C15H28N4O12P4S2/c20-28-32(24)8-16-12-4-36-6-14(12)18(10-34(26)30-22)2-1-3-19(11-35(27)31-23)15-7-37-5-13(15)17-9-33(25)29-21/h4-7,16-17,20-27H,1-3,8-11H2. The summed E-state index contributed by atoms with van der Waals surface area (Å²) >= 11 is 2.70. The number of anilines is 4. The van der Waals surface area contributed by atoms with Crippen molar-refractivity contribution in [3.63, 3.8) is 0 Å².